The van der Waals surface area contributed by atoms with Gasteiger partial charge in [-0.1, -0.05) is 0 Å². The Balaban J connectivity index is 1.77. The fourth-order valence-electron chi connectivity index (χ4n) is 5.04. The van der Waals surface area contributed by atoms with Crippen LogP contribution in [-0.2, 0) is 4.79 Å². The summed E-state index contributed by atoms with van der Waals surface area (Å²) in [6.45, 7) is -0.0698. The number of hydrogen-bond acceptors (Lipinski definition) is 5. The molecule has 3 aliphatic rings. The van der Waals surface area contributed by atoms with Crippen LogP contribution < -0.4 is 16.1 Å². The van der Waals surface area contributed by atoms with E-state index in [0.29, 0.717) is 6.42 Å². The summed E-state index contributed by atoms with van der Waals surface area (Å²) in [6.07, 6.45) is -11.7. The van der Waals surface area contributed by atoms with Gasteiger partial charge < -0.3 is 5.32 Å². The molecule has 3 fully saturated rings. The van der Waals surface area contributed by atoms with Crippen molar-refractivity contribution in [1.29, 1.82) is 5.26 Å². The summed E-state index contributed by atoms with van der Waals surface area (Å²) in [5, 5.41) is 15.0. The zero-order chi connectivity index (χ0) is 27.4. The van der Waals surface area contributed by atoms with E-state index in [1.165, 1.54) is 0 Å². The minimum absolute atomic E-state index is 0.00153. The Bertz CT molecular complexity index is 846. The maximum Gasteiger partial charge on any atom is 0.405 e. The SMILES string of the molecule is N#CCCN1NC(C(F)(F)F)CC1/N=C(\NC(=O)C1CCC(C(F)(F)F)CC1)NC1CC(F)CC(Cl)C1. The third-order valence-corrected chi connectivity index (χ3v) is 7.36. The van der Waals surface area contributed by atoms with Crippen LogP contribution in [0.2, 0.25) is 0 Å². The molecule has 210 valence electrons. The highest BCUT2D eigenvalue weighted by Crippen LogP contribution is 2.39. The Kier molecular flexibility index (Phi) is 9.90. The molecule has 0 radical (unpaired) electrons. The summed E-state index contributed by atoms with van der Waals surface area (Å²) in [5.74, 6) is -3.01. The van der Waals surface area contributed by atoms with Crippen molar-refractivity contribution in [3.05, 3.63) is 0 Å². The number of guanidine groups is 1. The molecule has 1 heterocycles. The lowest BCUT2D eigenvalue weighted by Gasteiger charge is -2.32. The molecular weight excluding hydrogens is 533 g/mol. The van der Waals surface area contributed by atoms with Crippen LogP contribution >= 0.6 is 11.6 Å². The van der Waals surface area contributed by atoms with Crippen LogP contribution in [0.1, 0.15) is 57.8 Å². The molecule has 0 aromatic heterocycles. The highest BCUT2D eigenvalue weighted by atomic mass is 35.5. The number of carbonyl (C=O) groups excluding carboxylic acids is 1. The van der Waals surface area contributed by atoms with E-state index in [0.717, 1.165) is 5.01 Å². The average molecular weight is 563 g/mol. The van der Waals surface area contributed by atoms with Crippen molar-refractivity contribution in [3.8, 4) is 6.07 Å². The Labute approximate surface area is 215 Å². The molecular formula is C22H30ClF7N6O. The molecule has 0 aromatic rings. The number of nitrogens with zero attached hydrogens (tertiary/aromatic N) is 3. The van der Waals surface area contributed by atoms with Crippen molar-refractivity contribution in [2.24, 2.45) is 16.8 Å². The van der Waals surface area contributed by atoms with Crippen LogP contribution in [0.25, 0.3) is 0 Å². The van der Waals surface area contributed by atoms with Crippen molar-refractivity contribution in [2.75, 3.05) is 6.54 Å². The van der Waals surface area contributed by atoms with Gasteiger partial charge in [0.15, 0.2) is 5.96 Å². The largest absolute Gasteiger partial charge is 0.405 e. The maximum absolute atomic E-state index is 14.1. The summed E-state index contributed by atoms with van der Waals surface area (Å²) in [7, 11) is 0. The Morgan fingerprint density at radius 3 is 2.30 bits per heavy atom. The Morgan fingerprint density at radius 1 is 1.05 bits per heavy atom. The molecule has 7 nitrogen and oxygen atoms in total. The summed E-state index contributed by atoms with van der Waals surface area (Å²) in [4.78, 5) is 17.2. The number of hydrazine groups is 1. The highest BCUT2D eigenvalue weighted by Gasteiger charge is 2.48. The fourth-order valence-corrected chi connectivity index (χ4v) is 5.45. The second kappa shape index (κ2) is 12.3. The molecule has 15 heteroatoms. The molecule has 5 atom stereocenters. The van der Waals surface area contributed by atoms with E-state index in [2.05, 4.69) is 21.1 Å². The maximum atomic E-state index is 14.1. The molecule has 0 spiro atoms. The molecule has 2 aliphatic carbocycles. The normalized spacial score (nSPS) is 34.1. The summed E-state index contributed by atoms with van der Waals surface area (Å²) in [5.41, 5.74) is 2.30. The van der Waals surface area contributed by atoms with Crippen LogP contribution in [0, 0.1) is 23.2 Å². The van der Waals surface area contributed by atoms with E-state index in [9.17, 15) is 35.5 Å². The summed E-state index contributed by atoms with van der Waals surface area (Å²) < 4.78 is 93.2. The van der Waals surface area contributed by atoms with Crippen molar-refractivity contribution in [3.63, 3.8) is 0 Å². The van der Waals surface area contributed by atoms with Gasteiger partial charge in [0, 0.05) is 36.7 Å². The van der Waals surface area contributed by atoms with Crippen LogP contribution in [0.15, 0.2) is 4.99 Å². The number of alkyl halides is 8. The minimum atomic E-state index is -4.58. The van der Waals surface area contributed by atoms with E-state index in [1.807, 2.05) is 6.07 Å². The first-order valence-electron chi connectivity index (χ1n) is 12.2. The fraction of sp³-hybridized carbons (Fsp3) is 0.864. The summed E-state index contributed by atoms with van der Waals surface area (Å²) in [6, 6.07) is -0.634. The zero-order valence-electron chi connectivity index (χ0n) is 19.9. The quantitative estimate of drug-likeness (QED) is 0.201. The Morgan fingerprint density at radius 2 is 1.73 bits per heavy atom. The van der Waals surface area contributed by atoms with Crippen LogP contribution in [0.4, 0.5) is 30.7 Å². The first-order chi connectivity index (χ1) is 17.3. The topological polar surface area (TPSA) is 92.6 Å². The molecule has 3 rings (SSSR count). The van der Waals surface area contributed by atoms with Crippen LogP contribution in [-0.4, -0.2) is 65.6 Å². The third-order valence-electron chi connectivity index (χ3n) is 7.00. The van der Waals surface area contributed by atoms with Crippen molar-refractivity contribution in [1.82, 2.24) is 21.1 Å². The van der Waals surface area contributed by atoms with Gasteiger partial charge in [-0.15, -0.1) is 11.6 Å². The average Bonchev–Trinajstić information content (AvgIpc) is 3.19. The lowest BCUT2D eigenvalue weighted by molar-refractivity contribution is -0.184. The predicted molar refractivity (Wildman–Crippen MR) is 121 cm³/mol. The number of halogens is 8. The number of carbonyl (C=O) groups is 1. The van der Waals surface area contributed by atoms with Crippen LogP contribution in [0.3, 0.4) is 0 Å². The summed E-state index contributed by atoms with van der Waals surface area (Å²) >= 11 is 6.11. The second-order valence-corrected chi connectivity index (χ2v) is 10.5. The van der Waals surface area contributed by atoms with Crippen molar-refractivity contribution >= 4 is 23.5 Å². The van der Waals surface area contributed by atoms with E-state index < -0.39 is 66.3 Å². The number of aliphatic imine (C=N–C) groups is 1. The lowest BCUT2D eigenvalue weighted by Crippen LogP contribution is -2.51. The molecule has 3 N–H and O–H groups in total. The van der Waals surface area contributed by atoms with E-state index >= 15 is 0 Å². The highest BCUT2D eigenvalue weighted by molar-refractivity contribution is 6.20. The number of nitrogens with one attached hydrogen (secondary N) is 3. The first-order valence-corrected chi connectivity index (χ1v) is 12.7. The van der Waals surface area contributed by atoms with Gasteiger partial charge in [-0.25, -0.2) is 19.8 Å². The number of hydrogen-bond donors (Lipinski definition) is 3. The zero-order valence-corrected chi connectivity index (χ0v) is 20.6. The van der Waals surface area contributed by atoms with E-state index in [-0.39, 0.29) is 57.5 Å². The number of rotatable bonds is 5. The standard InChI is InChI=1S/C22H30ClF7N6O/c23-14-8-15(24)10-16(9-14)32-20(34-19(37)12-2-4-13(5-3-12)21(25,26)27)33-18-11-17(22(28,29)30)35-36(18)7-1-6-31/h12-18,35H,1-5,7-11H2,(H2,32,33,34,37). The van der Waals surface area contributed by atoms with Gasteiger partial charge in [-0.2, -0.15) is 31.6 Å². The van der Waals surface area contributed by atoms with Crippen LogP contribution in [0.5, 0.6) is 0 Å². The van der Waals surface area contributed by atoms with Crippen molar-refractivity contribution in [2.45, 2.75) is 99.9 Å². The van der Waals surface area contributed by atoms with Gasteiger partial charge in [0.1, 0.15) is 18.4 Å². The number of nitriles is 1. The minimum Gasteiger partial charge on any atom is -0.353 e. The van der Waals surface area contributed by atoms with Gasteiger partial charge in [0.25, 0.3) is 0 Å². The smallest absolute Gasteiger partial charge is 0.353 e. The van der Waals surface area contributed by atoms with E-state index in [1.54, 1.807) is 0 Å². The molecule has 1 aliphatic heterocycles. The molecule has 2 saturated carbocycles. The molecule has 1 saturated heterocycles. The second-order valence-electron chi connectivity index (χ2n) is 9.84. The van der Waals surface area contributed by atoms with Gasteiger partial charge in [-0.05, 0) is 44.9 Å². The monoisotopic (exact) mass is 562 g/mol. The van der Waals surface area contributed by atoms with Gasteiger partial charge >= 0.3 is 12.4 Å². The Hall–Kier alpha value is -1.85. The predicted octanol–water partition coefficient (Wildman–Crippen LogP) is 4.30. The number of amides is 1. The van der Waals surface area contributed by atoms with E-state index in [4.69, 9.17) is 16.9 Å². The molecule has 1 amide bonds. The molecule has 0 bridgehead atoms. The van der Waals surface area contributed by atoms with Gasteiger partial charge in [0.2, 0.25) is 5.91 Å². The molecule has 5 unspecified atom stereocenters. The third kappa shape index (κ3) is 8.58. The van der Waals surface area contributed by atoms with Gasteiger partial charge in [0.05, 0.1) is 12.0 Å². The van der Waals surface area contributed by atoms with Gasteiger partial charge in [-0.3, -0.25) is 10.1 Å². The molecule has 0 aromatic carbocycles. The first kappa shape index (κ1) is 29.7. The lowest BCUT2D eigenvalue weighted by atomic mass is 9.81. The van der Waals surface area contributed by atoms with Crippen molar-refractivity contribution < 1.29 is 35.5 Å². The molecule has 37 heavy (non-hydrogen) atoms.